The van der Waals surface area contributed by atoms with Crippen LogP contribution in [0.3, 0.4) is 0 Å². The van der Waals surface area contributed by atoms with Gasteiger partial charge in [-0.25, -0.2) is 0 Å². The molecular formula is C16H27N3O3. The fourth-order valence-corrected chi connectivity index (χ4v) is 3.94. The van der Waals surface area contributed by atoms with E-state index in [0.717, 1.165) is 18.6 Å². The number of rotatable bonds is 4. The van der Waals surface area contributed by atoms with Gasteiger partial charge in [0.15, 0.2) is 0 Å². The molecule has 1 aliphatic carbocycles. The molecule has 1 heterocycles. The van der Waals surface area contributed by atoms with E-state index in [9.17, 15) is 14.7 Å². The fourth-order valence-electron chi connectivity index (χ4n) is 3.94. The summed E-state index contributed by atoms with van der Waals surface area (Å²) in [5, 5.41) is 17.4. The molecule has 0 aromatic rings. The minimum absolute atomic E-state index is 0.00582. The van der Waals surface area contributed by atoms with Gasteiger partial charge in [-0.15, -0.1) is 0 Å². The van der Waals surface area contributed by atoms with Crippen LogP contribution in [0.1, 0.15) is 46.0 Å². The molecule has 1 aliphatic heterocycles. The number of nitrogens with one attached hydrogen (secondary N) is 2. The molecule has 1 saturated heterocycles. The predicted molar refractivity (Wildman–Crippen MR) is 84.0 cm³/mol. The van der Waals surface area contributed by atoms with Crippen LogP contribution in [0.15, 0.2) is 5.10 Å². The summed E-state index contributed by atoms with van der Waals surface area (Å²) in [4.78, 5) is 22.9. The second-order valence-corrected chi connectivity index (χ2v) is 6.89. The molecule has 0 radical (unpaired) electrons. The Morgan fingerprint density at radius 2 is 1.91 bits per heavy atom. The van der Waals surface area contributed by atoms with Crippen molar-refractivity contribution in [1.82, 2.24) is 10.7 Å². The second kappa shape index (κ2) is 7.22. The molecule has 2 amide bonds. The Hall–Kier alpha value is -1.43. The molecule has 2 rings (SSSR count). The van der Waals surface area contributed by atoms with E-state index in [1.807, 2.05) is 0 Å². The lowest BCUT2D eigenvalue weighted by Crippen LogP contribution is -2.43. The highest BCUT2D eigenvalue weighted by molar-refractivity contribution is 5.97. The zero-order valence-electron chi connectivity index (χ0n) is 13.6. The Balaban J connectivity index is 2.05. The number of nitrogens with zero attached hydrogens (tertiary/aromatic N) is 1. The number of aliphatic hydroxyl groups excluding tert-OH is 1. The predicted octanol–water partition coefficient (Wildman–Crippen LogP) is 1.05. The molecule has 2 fully saturated rings. The highest BCUT2D eigenvalue weighted by Crippen LogP contribution is 2.35. The number of hydrazone groups is 1. The lowest BCUT2D eigenvalue weighted by Gasteiger charge is -2.37. The van der Waals surface area contributed by atoms with Gasteiger partial charge in [0.25, 0.3) is 0 Å². The largest absolute Gasteiger partial charge is 0.392 e. The molecule has 0 bridgehead atoms. The smallest absolute Gasteiger partial charge is 0.226 e. The summed E-state index contributed by atoms with van der Waals surface area (Å²) >= 11 is 0. The van der Waals surface area contributed by atoms with Crippen molar-refractivity contribution in [3.8, 4) is 0 Å². The van der Waals surface area contributed by atoms with Gasteiger partial charge in [-0.2, -0.15) is 5.10 Å². The SMILES string of the molecule is CN/N=C1\C(C)CC(C)CC1C(O)CC1CC(=O)NC(=O)C1. The van der Waals surface area contributed by atoms with Crippen molar-refractivity contribution < 1.29 is 14.7 Å². The van der Waals surface area contributed by atoms with Gasteiger partial charge in [-0.05, 0) is 37.0 Å². The molecule has 6 heteroatoms. The van der Waals surface area contributed by atoms with Gasteiger partial charge in [0, 0.05) is 31.5 Å². The summed E-state index contributed by atoms with van der Waals surface area (Å²) in [6.45, 7) is 4.34. The zero-order chi connectivity index (χ0) is 16.3. The van der Waals surface area contributed by atoms with Gasteiger partial charge in [0.1, 0.15) is 0 Å². The summed E-state index contributed by atoms with van der Waals surface area (Å²) < 4.78 is 0. The van der Waals surface area contributed by atoms with Gasteiger partial charge in [0.2, 0.25) is 11.8 Å². The molecular weight excluding hydrogens is 282 g/mol. The molecule has 0 aromatic heterocycles. The lowest BCUT2D eigenvalue weighted by molar-refractivity contribution is -0.135. The monoisotopic (exact) mass is 309 g/mol. The number of piperidine rings is 1. The van der Waals surface area contributed by atoms with Crippen LogP contribution in [-0.2, 0) is 9.59 Å². The van der Waals surface area contributed by atoms with Crippen molar-refractivity contribution in [1.29, 1.82) is 0 Å². The van der Waals surface area contributed by atoms with Gasteiger partial charge in [-0.1, -0.05) is 13.8 Å². The Bertz CT molecular complexity index is 448. The maximum atomic E-state index is 11.5. The third kappa shape index (κ3) is 4.06. The number of imide groups is 1. The Labute approximate surface area is 131 Å². The normalized spacial score (nSPS) is 33.6. The van der Waals surface area contributed by atoms with Crippen molar-refractivity contribution in [3.05, 3.63) is 0 Å². The Morgan fingerprint density at radius 1 is 1.27 bits per heavy atom. The first kappa shape index (κ1) is 16.9. The topological polar surface area (TPSA) is 90.8 Å². The molecule has 6 nitrogen and oxygen atoms in total. The average Bonchev–Trinajstić information content (AvgIpc) is 2.40. The zero-order valence-corrected chi connectivity index (χ0v) is 13.6. The van der Waals surface area contributed by atoms with Crippen LogP contribution in [0.2, 0.25) is 0 Å². The van der Waals surface area contributed by atoms with Gasteiger partial charge < -0.3 is 10.5 Å². The standard InChI is InChI=1S/C16H27N3O3/c1-9-4-10(2)16(19-17-3)12(5-9)13(20)6-11-7-14(21)18-15(22)8-11/h9-13,17,20H,4-8H2,1-3H3,(H,18,21,22)/b19-16+. The Kier molecular flexibility index (Phi) is 5.56. The van der Waals surface area contributed by atoms with Gasteiger partial charge in [-0.3, -0.25) is 14.9 Å². The second-order valence-electron chi connectivity index (χ2n) is 6.89. The first-order valence-electron chi connectivity index (χ1n) is 8.15. The van der Waals surface area contributed by atoms with Crippen molar-refractivity contribution in [3.63, 3.8) is 0 Å². The van der Waals surface area contributed by atoms with E-state index >= 15 is 0 Å². The molecule has 0 spiro atoms. The van der Waals surface area contributed by atoms with E-state index in [1.165, 1.54) is 0 Å². The number of carbonyl (C=O) groups excluding carboxylic acids is 2. The summed E-state index contributed by atoms with van der Waals surface area (Å²) in [5.41, 5.74) is 3.86. The lowest BCUT2D eigenvalue weighted by atomic mass is 9.71. The first-order valence-corrected chi connectivity index (χ1v) is 8.15. The van der Waals surface area contributed by atoms with Gasteiger partial charge >= 0.3 is 0 Å². The summed E-state index contributed by atoms with van der Waals surface area (Å²) in [5.74, 6) is 0.352. The van der Waals surface area contributed by atoms with Crippen molar-refractivity contribution >= 4 is 17.5 Å². The van der Waals surface area contributed by atoms with Crippen LogP contribution in [0.4, 0.5) is 0 Å². The fraction of sp³-hybridized carbons (Fsp3) is 0.812. The highest BCUT2D eigenvalue weighted by Gasteiger charge is 2.37. The first-order chi connectivity index (χ1) is 10.4. The molecule has 124 valence electrons. The Morgan fingerprint density at radius 3 is 2.50 bits per heavy atom. The number of hydrogen-bond acceptors (Lipinski definition) is 5. The van der Waals surface area contributed by atoms with Crippen molar-refractivity contribution in [2.24, 2.45) is 28.8 Å². The van der Waals surface area contributed by atoms with E-state index in [2.05, 4.69) is 29.7 Å². The van der Waals surface area contributed by atoms with Crippen LogP contribution in [-0.4, -0.2) is 35.8 Å². The van der Waals surface area contributed by atoms with Gasteiger partial charge in [0.05, 0.1) is 6.10 Å². The average molecular weight is 309 g/mol. The van der Waals surface area contributed by atoms with Crippen LogP contribution in [0.5, 0.6) is 0 Å². The summed E-state index contributed by atoms with van der Waals surface area (Å²) in [7, 11) is 1.77. The number of carbonyl (C=O) groups is 2. The summed E-state index contributed by atoms with van der Waals surface area (Å²) in [6.07, 6.45) is 2.54. The summed E-state index contributed by atoms with van der Waals surface area (Å²) in [6, 6.07) is 0. The van der Waals surface area contributed by atoms with Crippen LogP contribution in [0, 0.1) is 23.7 Å². The molecule has 4 unspecified atom stereocenters. The molecule has 4 atom stereocenters. The number of hydrogen-bond donors (Lipinski definition) is 3. The van der Waals surface area contributed by atoms with Crippen molar-refractivity contribution in [2.75, 3.05) is 7.05 Å². The molecule has 22 heavy (non-hydrogen) atoms. The van der Waals surface area contributed by atoms with Crippen molar-refractivity contribution in [2.45, 2.75) is 52.1 Å². The number of amides is 2. The molecule has 2 aliphatic rings. The molecule has 0 aromatic carbocycles. The van der Waals surface area contributed by atoms with E-state index in [1.54, 1.807) is 7.05 Å². The molecule has 1 saturated carbocycles. The van der Waals surface area contributed by atoms with Crippen LogP contribution >= 0.6 is 0 Å². The van der Waals surface area contributed by atoms with E-state index in [-0.39, 0.29) is 23.7 Å². The third-order valence-electron chi connectivity index (χ3n) is 4.80. The van der Waals surface area contributed by atoms with Crippen LogP contribution in [0.25, 0.3) is 0 Å². The van der Waals surface area contributed by atoms with Crippen LogP contribution < -0.4 is 10.7 Å². The maximum absolute atomic E-state index is 11.5. The minimum Gasteiger partial charge on any atom is -0.392 e. The van der Waals surface area contributed by atoms with E-state index in [0.29, 0.717) is 31.1 Å². The van der Waals surface area contributed by atoms with E-state index in [4.69, 9.17) is 0 Å². The van der Waals surface area contributed by atoms with E-state index < -0.39 is 6.10 Å². The maximum Gasteiger partial charge on any atom is 0.226 e. The quantitative estimate of drug-likeness (QED) is 0.535. The minimum atomic E-state index is -0.555. The number of aliphatic hydroxyl groups is 1. The highest BCUT2D eigenvalue weighted by atomic mass is 16.3. The third-order valence-corrected chi connectivity index (χ3v) is 4.80. The molecule has 3 N–H and O–H groups in total.